The Morgan fingerprint density at radius 3 is 2.00 bits per heavy atom. The fraction of sp³-hybridized carbons (Fsp3) is 0. The van der Waals surface area contributed by atoms with Crippen LogP contribution in [0.1, 0.15) is 0 Å². The van der Waals surface area contributed by atoms with Crippen LogP contribution in [-0.4, -0.2) is 21.7 Å². The third-order valence-corrected chi connectivity index (χ3v) is 1.04. The summed E-state index contributed by atoms with van der Waals surface area (Å²) in [5.74, 6) is -3.36. The fourth-order valence-corrected chi connectivity index (χ4v) is 0.557. The summed E-state index contributed by atoms with van der Waals surface area (Å²) in [5, 5.41) is 0. The Morgan fingerprint density at radius 1 is 1.27 bits per heavy atom. The van der Waals surface area contributed by atoms with Gasteiger partial charge in [-0.15, -0.1) is 0 Å². The first-order chi connectivity index (χ1) is 4.87. The zero-order valence-corrected chi connectivity index (χ0v) is 6.74. The molecule has 0 aromatic carbocycles. The van der Waals surface area contributed by atoms with E-state index >= 15 is 0 Å². The fourth-order valence-electron chi connectivity index (χ4n) is 0.175. The van der Waals surface area contributed by atoms with Gasteiger partial charge in [-0.3, -0.25) is 0 Å². The van der Waals surface area contributed by atoms with E-state index in [1.807, 2.05) is 0 Å². The maximum atomic E-state index is 10.2. The molecule has 11 heavy (non-hydrogen) atoms. The quantitative estimate of drug-likeness (QED) is 0.321. The molecule has 2 N–H and O–H groups in total. The predicted octanol–water partition coefficient (Wildman–Crippen LogP) is -1.37. The van der Waals surface area contributed by atoms with Gasteiger partial charge >= 0.3 is 68.4 Å². The van der Waals surface area contributed by atoms with Gasteiger partial charge in [-0.05, 0) is 0 Å². The summed E-state index contributed by atoms with van der Waals surface area (Å²) >= 11 is 2.53. The molecule has 0 aliphatic carbocycles. The van der Waals surface area contributed by atoms with Crippen molar-refractivity contribution >= 4 is 19.8 Å². The van der Waals surface area contributed by atoms with Crippen LogP contribution >= 0.6 is 7.82 Å². The Hall–Kier alpha value is -0.391. The Bertz CT molecular complexity index is 216. The SMILES string of the molecule is O=C([O][Fe])C(=O)OP(=O)(O)O. The van der Waals surface area contributed by atoms with Crippen molar-refractivity contribution in [1.29, 1.82) is 0 Å². The van der Waals surface area contributed by atoms with E-state index in [0.29, 0.717) is 0 Å². The van der Waals surface area contributed by atoms with Crippen LogP contribution in [0.3, 0.4) is 0 Å². The third kappa shape index (κ3) is 4.94. The van der Waals surface area contributed by atoms with Crippen LogP contribution in [0.15, 0.2) is 0 Å². The van der Waals surface area contributed by atoms with E-state index in [4.69, 9.17) is 9.79 Å². The van der Waals surface area contributed by atoms with E-state index in [0.717, 1.165) is 0 Å². The zero-order valence-electron chi connectivity index (χ0n) is 4.74. The molecule has 65 valence electrons. The second-order valence-corrected chi connectivity index (χ2v) is 2.62. The van der Waals surface area contributed by atoms with Crippen LogP contribution in [0, 0.1) is 0 Å². The molecule has 0 fully saturated rings. The number of hydrogen-bond donors (Lipinski definition) is 2. The maximum absolute atomic E-state index is 10.2. The van der Waals surface area contributed by atoms with E-state index in [2.05, 4.69) is 24.7 Å². The minimum atomic E-state index is -4.97. The van der Waals surface area contributed by atoms with Gasteiger partial charge in [-0.1, -0.05) is 0 Å². The Labute approximate surface area is 69.1 Å². The van der Waals surface area contributed by atoms with Gasteiger partial charge in [-0.2, -0.15) is 0 Å². The summed E-state index contributed by atoms with van der Waals surface area (Å²) in [6.45, 7) is 0. The molecule has 0 aromatic rings. The predicted molar refractivity (Wildman–Crippen MR) is 24.2 cm³/mol. The van der Waals surface area contributed by atoms with Crippen LogP contribution < -0.4 is 0 Å². The van der Waals surface area contributed by atoms with Crippen molar-refractivity contribution in [2.24, 2.45) is 0 Å². The zero-order chi connectivity index (χ0) is 9.07. The molecular weight excluding hydrogens is 223 g/mol. The molecule has 9 heteroatoms. The van der Waals surface area contributed by atoms with Crippen molar-refractivity contribution in [3.8, 4) is 0 Å². The molecule has 0 rings (SSSR count). The van der Waals surface area contributed by atoms with Crippen molar-refractivity contribution in [2.45, 2.75) is 0 Å². The van der Waals surface area contributed by atoms with Crippen LogP contribution in [0.5, 0.6) is 0 Å². The summed E-state index contributed by atoms with van der Waals surface area (Å²) in [6, 6.07) is 0. The molecule has 0 heterocycles. The van der Waals surface area contributed by atoms with Gasteiger partial charge in [0, 0.05) is 0 Å². The Morgan fingerprint density at radius 2 is 1.73 bits per heavy atom. The summed E-state index contributed by atoms with van der Waals surface area (Å²) in [7, 11) is -4.97. The third-order valence-electron chi connectivity index (χ3n) is 0.434. The Balaban J connectivity index is 4.10. The van der Waals surface area contributed by atoms with Gasteiger partial charge in [0.1, 0.15) is 0 Å². The van der Waals surface area contributed by atoms with Crippen LogP contribution in [-0.2, 0) is 38.8 Å². The first-order valence-corrected chi connectivity index (χ1v) is 3.96. The molecule has 0 spiro atoms. The number of phosphoric ester groups is 1. The number of carbonyl (C=O) groups is 2. The first kappa shape index (κ1) is 10.6. The minimum absolute atomic E-state index is 1.58. The van der Waals surface area contributed by atoms with Crippen LogP contribution in [0.4, 0.5) is 0 Å². The van der Waals surface area contributed by atoms with Crippen molar-refractivity contribution < 1.29 is 48.6 Å². The standard InChI is InChI=1S/C2H3O7P.Fe/c3-1(4)2(5)9-10(6,7)8;/h(H,3,4)(H2,6,7,8);/q;+1/p-1. The number of carbonyl (C=O) groups excluding carboxylic acids is 2. The molecule has 0 unspecified atom stereocenters. The van der Waals surface area contributed by atoms with E-state index < -0.39 is 19.8 Å². The molecule has 0 atom stereocenters. The van der Waals surface area contributed by atoms with Gasteiger partial charge < -0.3 is 0 Å². The summed E-state index contributed by atoms with van der Waals surface area (Å²) in [6.07, 6.45) is 0. The molecule has 0 amide bonds. The van der Waals surface area contributed by atoms with E-state index in [9.17, 15) is 14.2 Å². The molecule has 0 aromatic heterocycles. The van der Waals surface area contributed by atoms with Crippen LogP contribution in [0.25, 0.3) is 0 Å². The molecule has 0 aliphatic rings. The molecule has 0 aliphatic heterocycles. The van der Waals surface area contributed by atoms with Gasteiger partial charge in [0.05, 0.1) is 0 Å². The van der Waals surface area contributed by atoms with Crippen molar-refractivity contribution in [3.05, 3.63) is 0 Å². The van der Waals surface area contributed by atoms with Gasteiger partial charge in [0.2, 0.25) is 0 Å². The average molecular weight is 225 g/mol. The summed E-state index contributed by atoms with van der Waals surface area (Å²) < 4.78 is 16.7. The van der Waals surface area contributed by atoms with Crippen LogP contribution in [0.2, 0.25) is 0 Å². The number of hydrogen-bond acceptors (Lipinski definition) is 5. The number of phosphoric acid groups is 1. The molecule has 0 radical (unpaired) electrons. The van der Waals surface area contributed by atoms with Crippen molar-refractivity contribution in [2.75, 3.05) is 0 Å². The second-order valence-electron chi connectivity index (χ2n) is 1.23. The Kier molecular flexibility index (Phi) is 3.71. The summed E-state index contributed by atoms with van der Waals surface area (Å²) in [4.78, 5) is 36.2. The monoisotopic (exact) mass is 225 g/mol. The topological polar surface area (TPSA) is 110 Å². The molecule has 0 saturated heterocycles. The first-order valence-electron chi connectivity index (χ1n) is 1.98. The number of rotatable bonds is 1. The molecular formula is C2H2FeO7P. The second kappa shape index (κ2) is 3.85. The molecule has 0 saturated carbocycles. The van der Waals surface area contributed by atoms with Gasteiger partial charge in [0.25, 0.3) is 0 Å². The van der Waals surface area contributed by atoms with E-state index in [1.165, 1.54) is 0 Å². The van der Waals surface area contributed by atoms with Gasteiger partial charge in [-0.25, -0.2) is 0 Å². The van der Waals surface area contributed by atoms with Crippen molar-refractivity contribution in [3.63, 3.8) is 0 Å². The normalized spacial score (nSPS) is 10.5. The molecule has 7 nitrogen and oxygen atoms in total. The average Bonchev–Trinajstić information content (AvgIpc) is 1.82. The van der Waals surface area contributed by atoms with Crippen molar-refractivity contribution in [1.82, 2.24) is 0 Å². The van der Waals surface area contributed by atoms with E-state index in [-0.39, 0.29) is 0 Å². The summed E-state index contributed by atoms with van der Waals surface area (Å²) in [5.41, 5.74) is 0. The van der Waals surface area contributed by atoms with Gasteiger partial charge in [0.15, 0.2) is 0 Å². The van der Waals surface area contributed by atoms with E-state index in [1.54, 1.807) is 0 Å². The molecule has 0 bridgehead atoms.